The number of hydrogen-bond donors (Lipinski definition) is 1. The fraction of sp³-hybridized carbons (Fsp3) is 0.222. The number of rotatable bonds is 7. The Morgan fingerprint density at radius 1 is 1.09 bits per heavy atom. The summed E-state index contributed by atoms with van der Waals surface area (Å²) in [6, 6.07) is 16.5. The highest BCUT2D eigenvalue weighted by atomic mass is 16.5. The third-order valence-electron chi connectivity index (χ3n) is 3.18. The molecule has 0 spiro atoms. The van der Waals surface area contributed by atoms with E-state index in [1.807, 2.05) is 12.1 Å². The molecule has 2 aromatic carbocycles. The predicted molar refractivity (Wildman–Crippen MR) is 87.5 cm³/mol. The Kier molecular flexibility index (Phi) is 6.01. The van der Waals surface area contributed by atoms with Crippen LogP contribution in [0.2, 0.25) is 0 Å². The Hall–Kier alpha value is -3.00. The van der Waals surface area contributed by atoms with Gasteiger partial charge in [-0.05, 0) is 42.0 Å². The molecular weight excluding hydrogens is 292 g/mol. The van der Waals surface area contributed by atoms with E-state index in [1.54, 1.807) is 43.5 Å². The number of nitrogens with zero attached hydrogens (tertiary/aromatic N) is 1. The van der Waals surface area contributed by atoms with Gasteiger partial charge in [0.25, 0.3) is 0 Å². The van der Waals surface area contributed by atoms with E-state index < -0.39 is 0 Å². The Morgan fingerprint density at radius 3 is 2.35 bits per heavy atom. The van der Waals surface area contributed by atoms with Crippen LogP contribution in [0.5, 0.6) is 11.5 Å². The number of hydrogen-bond acceptors (Lipinski definition) is 4. The number of anilines is 1. The molecule has 0 heterocycles. The summed E-state index contributed by atoms with van der Waals surface area (Å²) in [5, 5.41) is 11.4. The van der Waals surface area contributed by atoms with E-state index in [0.29, 0.717) is 24.5 Å². The number of methoxy groups -OCH3 is 1. The molecule has 0 unspecified atom stereocenters. The summed E-state index contributed by atoms with van der Waals surface area (Å²) in [4.78, 5) is 11.9. The van der Waals surface area contributed by atoms with Gasteiger partial charge >= 0.3 is 0 Å². The standard InChI is InChI=1S/C18H18N2O3/c1-22-16-6-8-17(9-7-16)23-13-11-18(21)20-15-4-2-14(3-5-15)10-12-19/h2-9H,10-11,13H2,1H3,(H,20,21). The summed E-state index contributed by atoms with van der Waals surface area (Å²) in [6.07, 6.45) is 0.621. The van der Waals surface area contributed by atoms with Crippen LogP contribution in [0.3, 0.4) is 0 Å². The van der Waals surface area contributed by atoms with Crippen LogP contribution < -0.4 is 14.8 Å². The van der Waals surface area contributed by atoms with Crippen LogP contribution in [0, 0.1) is 11.3 Å². The molecule has 5 heteroatoms. The molecule has 1 N–H and O–H groups in total. The van der Waals surface area contributed by atoms with Crippen molar-refractivity contribution in [3.05, 3.63) is 54.1 Å². The summed E-state index contributed by atoms with van der Waals surface area (Å²) >= 11 is 0. The highest BCUT2D eigenvalue weighted by Crippen LogP contribution is 2.17. The van der Waals surface area contributed by atoms with Gasteiger partial charge in [0, 0.05) is 5.69 Å². The van der Waals surface area contributed by atoms with Gasteiger partial charge in [0.2, 0.25) is 5.91 Å². The molecule has 0 fully saturated rings. The van der Waals surface area contributed by atoms with Gasteiger partial charge in [-0.2, -0.15) is 5.26 Å². The second-order valence-corrected chi connectivity index (χ2v) is 4.85. The maximum Gasteiger partial charge on any atom is 0.227 e. The van der Waals surface area contributed by atoms with E-state index >= 15 is 0 Å². The van der Waals surface area contributed by atoms with Crippen molar-refractivity contribution >= 4 is 11.6 Å². The third-order valence-corrected chi connectivity index (χ3v) is 3.18. The monoisotopic (exact) mass is 310 g/mol. The van der Waals surface area contributed by atoms with Crippen LogP contribution in [0.4, 0.5) is 5.69 Å². The van der Waals surface area contributed by atoms with Gasteiger partial charge in [0.15, 0.2) is 0 Å². The number of amides is 1. The average molecular weight is 310 g/mol. The molecule has 0 aliphatic carbocycles. The normalized spacial score (nSPS) is 9.74. The van der Waals surface area contributed by atoms with Crippen LogP contribution in [0.25, 0.3) is 0 Å². The number of ether oxygens (including phenoxy) is 2. The molecule has 0 aliphatic heterocycles. The maximum absolute atomic E-state index is 11.9. The van der Waals surface area contributed by atoms with Crippen LogP contribution in [0.1, 0.15) is 12.0 Å². The SMILES string of the molecule is COc1ccc(OCCC(=O)Nc2ccc(CC#N)cc2)cc1. The van der Waals surface area contributed by atoms with E-state index in [9.17, 15) is 4.79 Å². The summed E-state index contributed by atoms with van der Waals surface area (Å²) < 4.78 is 10.6. The van der Waals surface area contributed by atoms with Gasteiger partial charge in [0.1, 0.15) is 11.5 Å². The van der Waals surface area contributed by atoms with Crippen molar-refractivity contribution in [2.45, 2.75) is 12.8 Å². The van der Waals surface area contributed by atoms with E-state index in [1.165, 1.54) is 0 Å². The summed E-state index contributed by atoms with van der Waals surface area (Å²) in [5.74, 6) is 1.33. The number of nitriles is 1. The molecule has 0 saturated heterocycles. The van der Waals surface area contributed by atoms with Crippen molar-refractivity contribution in [3.8, 4) is 17.6 Å². The highest BCUT2D eigenvalue weighted by Gasteiger charge is 2.03. The second-order valence-electron chi connectivity index (χ2n) is 4.85. The fourth-order valence-electron chi connectivity index (χ4n) is 1.95. The van der Waals surface area contributed by atoms with Crippen LogP contribution in [-0.2, 0) is 11.2 Å². The van der Waals surface area contributed by atoms with Gasteiger partial charge in [-0.15, -0.1) is 0 Å². The summed E-state index contributed by atoms with van der Waals surface area (Å²) in [6.45, 7) is 0.296. The van der Waals surface area contributed by atoms with E-state index in [4.69, 9.17) is 14.7 Å². The molecule has 2 aromatic rings. The number of carbonyl (C=O) groups is 1. The first kappa shape index (κ1) is 16.4. The molecule has 0 aromatic heterocycles. The van der Waals surface area contributed by atoms with Crippen LogP contribution >= 0.6 is 0 Å². The lowest BCUT2D eigenvalue weighted by Gasteiger charge is -2.08. The van der Waals surface area contributed by atoms with Crippen molar-refractivity contribution in [2.24, 2.45) is 0 Å². The second kappa shape index (κ2) is 8.44. The molecule has 1 amide bonds. The third kappa shape index (κ3) is 5.36. The molecule has 0 radical (unpaired) electrons. The minimum atomic E-state index is -0.119. The molecule has 0 saturated carbocycles. The molecule has 0 bridgehead atoms. The summed E-state index contributed by atoms with van der Waals surface area (Å²) in [7, 11) is 1.60. The first-order chi connectivity index (χ1) is 11.2. The van der Waals surface area contributed by atoms with Gasteiger partial charge < -0.3 is 14.8 Å². The zero-order valence-corrected chi connectivity index (χ0v) is 12.9. The lowest BCUT2D eigenvalue weighted by molar-refractivity contribution is -0.116. The molecular formula is C18H18N2O3. The van der Waals surface area contributed by atoms with Gasteiger partial charge in [-0.3, -0.25) is 4.79 Å². The van der Waals surface area contributed by atoms with Gasteiger partial charge in [-0.1, -0.05) is 12.1 Å². The van der Waals surface area contributed by atoms with Crippen molar-refractivity contribution in [1.29, 1.82) is 5.26 Å². The number of nitrogens with one attached hydrogen (secondary N) is 1. The first-order valence-corrected chi connectivity index (χ1v) is 7.24. The van der Waals surface area contributed by atoms with Crippen molar-refractivity contribution < 1.29 is 14.3 Å². The van der Waals surface area contributed by atoms with Gasteiger partial charge in [0.05, 0.1) is 32.6 Å². The van der Waals surface area contributed by atoms with Crippen molar-refractivity contribution in [2.75, 3.05) is 19.0 Å². The zero-order valence-electron chi connectivity index (χ0n) is 12.9. The minimum Gasteiger partial charge on any atom is -0.497 e. The molecule has 5 nitrogen and oxygen atoms in total. The van der Waals surface area contributed by atoms with Crippen LogP contribution in [-0.4, -0.2) is 19.6 Å². The van der Waals surface area contributed by atoms with Crippen molar-refractivity contribution in [1.82, 2.24) is 0 Å². The highest BCUT2D eigenvalue weighted by molar-refractivity contribution is 5.90. The van der Waals surface area contributed by atoms with E-state index in [2.05, 4.69) is 11.4 Å². The maximum atomic E-state index is 11.9. The zero-order chi connectivity index (χ0) is 16.5. The summed E-state index contributed by atoms with van der Waals surface area (Å²) in [5.41, 5.74) is 1.63. The van der Waals surface area contributed by atoms with Crippen molar-refractivity contribution in [3.63, 3.8) is 0 Å². The lowest BCUT2D eigenvalue weighted by Crippen LogP contribution is -2.15. The predicted octanol–water partition coefficient (Wildman–Crippen LogP) is 3.17. The van der Waals surface area contributed by atoms with E-state index in [-0.39, 0.29) is 12.3 Å². The quantitative estimate of drug-likeness (QED) is 0.852. The largest absolute Gasteiger partial charge is 0.497 e. The molecule has 23 heavy (non-hydrogen) atoms. The van der Waals surface area contributed by atoms with Crippen LogP contribution in [0.15, 0.2) is 48.5 Å². The first-order valence-electron chi connectivity index (χ1n) is 7.24. The average Bonchev–Trinajstić information content (AvgIpc) is 2.57. The Labute approximate surface area is 135 Å². The molecule has 0 atom stereocenters. The number of benzene rings is 2. The Balaban J connectivity index is 1.75. The van der Waals surface area contributed by atoms with Gasteiger partial charge in [-0.25, -0.2) is 0 Å². The minimum absolute atomic E-state index is 0.119. The topological polar surface area (TPSA) is 71.3 Å². The molecule has 0 aliphatic rings. The van der Waals surface area contributed by atoms with E-state index in [0.717, 1.165) is 11.3 Å². The molecule has 2 rings (SSSR count). The lowest BCUT2D eigenvalue weighted by atomic mass is 10.1. The Morgan fingerprint density at radius 2 is 1.74 bits per heavy atom. The molecule has 118 valence electrons. The fourth-order valence-corrected chi connectivity index (χ4v) is 1.95. The Bertz CT molecular complexity index is 673. The smallest absolute Gasteiger partial charge is 0.227 e. The number of carbonyl (C=O) groups excluding carboxylic acids is 1.